The van der Waals surface area contributed by atoms with Gasteiger partial charge in [0.05, 0.1) is 30.6 Å². The van der Waals surface area contributed by atoms with E-state index < -0.39 is 0 Å². The first-order chi connectivity index (χ1) is 17.5. The number of aromatic nitrogens is 2. The van der Waals surface area contributed by atoms with Crippen LogP contribution in [0.5, 0.6) is 0 Å². The molecule has 0 aliphatic carbocycles. The lowest BCUT2D eigenvalue weighted by atomic mass is 9.93. The van der Waals surface area contributed by atoms with E-state index in [4.69, 9.17) is 14.7 Å². The van der Waals surface area contributed by atoms with Crippen LogP contribution in [0, 0.1) is 5.92 Å². The Morgan fingerprint density at radius 2 is 1.92 bits per heavy atom. The first kappa shape index (κ1) is 24.1. The summed E-state index contributed by atoms with van der Waals surface area (Å²) >= 11 is 0. The zero-order valence-electron chi connectivity index (χ0n) is 22.3. The van der Waals surface area contributed by atoms with Crippen LogP contribution in [0.15, 0.2) is 36.5 Å². The molecule has 0 amide bonds. The van der Waals surface area contributed by atoms with E-state index in [0.717, 1.165) is 56.6 Å². The van der Waals surface area contributed by atoms with Crippen molar-refractivity contribution in [1.82, 2.24) is 20.2 Å². The van der Waals surface area contributed by atoms with Crippen molar-refractivity contribution in [3.8, 4) is 0 Å². The van der Waals surface area contributed by atoms with Crippen LogP contribution in [0.1, 0.15) is 56.8 Å². The van der Waals surface area contributed by atoms with Gasteiger partial charge in [0.2, 0.25) is 0 Å². The maximum atomic E-state index is 6.37. The molecule has 6 rings (SSSR count). The van der Waals surface area contributed by atoms with Crippen LogP contribution in [0.3, 0.4) is 0 Å². The highest BCUT2D eigenvalue weighted by molar-refractivity contribution is 5.48. The van der Waals surface area contributed by atoms with Gasteiger partial charge in [0.1, 0.15) is 5.82 Å². The normalized spacial score (nSPS) is 31.2. The minimum absolute atomic E-state index is 0.197. The van der Waals surface area contributed by atoms with E-state index >= 15 is 0 Å². The minimum Gasteiger partial charge on any atom is -0.373 e. The fourth-order valence-electron chi connectivity index (χ4n) is 7.02. The van der Waals surface area contributed by atoms with Crippen LogP contribution in [-0.4, -0.2) is 85.5 Å². The van der Waals surface area contributed by atoms with Gasteiger partial charge in [0.25, 0.3) is 0 Å². The summed E-state index contributed by atoms with van der Waals surface area (Å²) in [7, 11) is 2.25. The third kappa shape index (κ3) is 4.50. The number of rotatable bonds is 6. The van der Waals surface area contributed by atoms with Gasteiger partial charge in [-0.1, -0.05) is 26.8 Å². The van der Waals surface area contributed by atoms with Gasteiger partial charge in [-0.3, -0.25) is 4.98 Å². The first-order valence-corrected chi connectivity index (χ1v) is 14.0. The molecule has 0 aromatic carbocycles. The average Bonchev–Trinajstić information content (AvgIpc) is 3.58. The predicted octanol–water partition coefficient (Wildman–Crippen LogP) is 3.48. The molecule has 0 spiro atoms. The Bertz CT molecular complexity index is 1040. The van der Waals surface area contributed by atoms with E-state index in [2.05, 4.69) is 78.2 Å². The van der Waals surface area contributed by atoms with Crippen molar-refractivity contribution in [2.45, 2.75) is 69.7 Å². The van der Waals surface area contributed by atoms with Gasteiger partial charge in [-0.05, 0) is 56.0 Å². The molecule has 4 aliphatic heterocycles. The Balaban J connectivity index is 1.12. The minimum atomic E-state index is 0.197. The van der Waals surface area contributed by atoms with Gasteiger partial charge >= 0.3 is 0 Å². The van der Waals surface area contributed by atoms with E-state index in [-0.39, 0.29) is 6.10 Å². The maximum Gasteiger partial charge on any atom is 0.129 e. The molecular weight excluding hydrogens is 448 g/mol. The standard InChI is InChI=1S/C29H42N6O/c1-19(2)23-9-8-22(15-30-23)34-12-13-36-29-25(31-16-26(29)34)14-20(3)24-6-5-7-28(32-24)35-11-10-21-17-33(4)18-27(21)35/h5-9,15,19-21,25-27,29,31H,10-14,16-18H2,1-4H3/t20?,21-,25?,26?,27-,29?/m0/s1. The van der Waals surface area contributed by atoms with Crippen molar-refractivity contribution >= 4 is 11.5 Å². The molecule has 4 fully saturated rings. The number of anilines is 2. The molecule has 7 heteroatoms. The quantitative estimate of drug-likeness (QED) is 0.665. The van der Waals surface area contributed by atoms with Crippen LogP contribution in [0.4, 0.5) is 11.5 Å². The van der Waals surface area contributed by atoms with Crippen LogP contribution < -0.4 is 15.1 Å². The highest BCUT2D eigenvalue weighted by Gasteiger charge is 2.44. The number of nitrogens with one attached hydrogen (secondary N) is 1. The molecular formula is C29H42N6O. The molecule has 194 valence electrons. The zero-order chi connectivity index (χ0) is 24.8. The Morgan fingerprint density at radius 3 is 2.72 bits per heavy atom. The Labute approximate surface area is 216 Å². The molecule has 7 nitrogen and oxygen atoms in total. The molecule has 4 aliphatic rings. The fourth-order valence-corrected chi connectivity index (χ4v) is 7.02. The second-order valence-electron chi connectivity index (χ2n) is 11.8. The second kappa shape index (κ2) is 9.92. The van der Waals surface area contributed by atoms with Gasteiger partial charge in [0.15, 0.2) is 0 Å². The summed E-state index contributed by atoms with van der Waals surface area (Å²) < 4.78 is 6.37. The van der Waals surface area contributed by atoms with E-state index in [0.29, 0.717) is 30.0 Å². The summed E-state index contributed by atoms with van der Waals surface area (Å²) in [5, 5.41) is 3.80. The van der Waals surface area contributed by atoms with Crippen molar-refractivity contribution in [3.63, 3.8) is 0 Å². The second-order valence-corrected chi connectivity index (χ2v) is 11.8. The Morgan fingerprint density at radius 1 is 1.03 bits per heavy atom. The van der Waals surface area contributed by atoms with Crippen molar-refractivity contribution in [1.29, 1.82) is 0 Å². The lowest BCUT2D eigenvalue weighted by Crippen LogP contribution is -2.52. The monoisotopic (exact) mass is 490 g/mol. The molecule has 2 aromatic rings. The lowest BCUT2D eigenvalue weighted by molar-refractivity contribution is 0.0127. The summed E-state index contributed by atoms with van der Waals surface area (Å²) in [4.78, 5) is 17.5. The summed E-state index contributed by atoms with van der Waals surface area (Å²) in [6.45, 7) is 12.9. The van der Waals surface area contributed by atoms with E-state index in [1.165, 1.54) is 24.3 Å². The molecule has 0 radical (unpaired) electrons. The highest BCUT2D eigenvalue weighted by Crippen LogP contribution is 2.35. The number of nitrogens with zero attached hydrogens (tertiary/aromatic N) is 5. The molecule has 2 aromatic heterocycles. The molecule has 36 heavy (non-hydrogen) atoms. The van der Waals surface area contributed by atoms with Crippen molar-refractivity contribution < 1.29 is 4.74 Å². The van der Waals surface area contributed by atoms with Crippen molar-refractivity contribution in [2.24, 2.45) is 5.92 Å². The molecule has 1 N–H and O–H groups in total. The number of fused-ring (bicyclic) bond motifs is 2. The van der Waals surface area contributed by atoms with Gasteiger partial charge in [0, 0.05) is 62.1 Å². The molecule has 4 unspecified atom stereocenters. The topological polar surface area (TPSA) is 56.8 Å². The largest absolute Gasteiger partial charge is 0.373 e. The molecule has 4 saturated heterocycles. The van der Waals surface area contributed by atoms with E-state index in [1.54, 1.807) is 0 Å². The number of hydrogen-bond acceptors (Lipinski definition) is 7. The van der Waals surface area contributed by atoms with E-state index in [1.807, 2.05) is 6.20 Å². The Kier molecular flexibility index (Phi) is 6.65. The number of pyridine rings is 2. The number of likely N-dealkylation sites (N-methyl/N-ethyl adjacent to an activating group) is 1. The number of likely N-dealkylation sites (tertiary alicyclic amines) is 1. The van der Waals surface area contributed by atoms with Gasteiger partial charge in [-0.15, -0.1) is 0 Å². The molecule has 6 heterocycles. The van der Waals surface area contributed by atoms with Gasteiger partial charge < -0.3 is 24.8 Å². The smallest absolute Gasteiger partial charge is 0.129 e. The maximum absolute atomic E-state index is 6.37. The average molecular weight is 491 g/mol. The van der Waals surface area contributed by atoms with E-state index in [9.17, 15) is 0 Å². The molecule has 0 saturated carbocycles. The summed E-state index contributed by atoms with van der Waals surface area (Å²) in [5.41, 5.74) is 3.57. The highest BCUT2D eigenvalue weighted by atomic mass is 16.5. The molecule has 6 atom stereocenters. The third-order valence-corrected chi connectivity index (χ3v) is 8.99. The summed E-state index contributed by atoms with van der Waals surface area (Å²) in [6.07, 6.45) is 4.57. The predicted molar refractivity (Wildman–Crippen MR) is 145 cm³/mol. The van der Waals surface area contributed by atoms with Gasteiger partial charge in [-0.25, -0.2) is 4.98 Å². The summed E-state index contributed by atoms with van der Waals surface area (Å²) in [6, 6.07) is 12.3. The van der Waals surface area contributed by atoms with Crippen molar-refractivity contribution in [3.05, 3.63) is 47.9 Å². The lowest BCUT2D eigenvalue weighted by Gasteiger charge is -2.40. The Hall–Kier alpha value is -2.22. The number of hydrogen-bond donors (Lipinski definition) is 1. The SMILES string of the molecule is CC(C)c1ccc(N2CCOC3C(CC(C)c4cccc(N5CC[C@H]6CN(C)C[C@@H]65)n4)NCC32)cn1. The van der Waals surface area contributed by atoms with Crippen LogP contribution in [0.2, 0.25) is 0 Å². The first-order valence-electron chi connectivity index (χ1n) is 14.0. The molecule has 0 bridgehead atoms. The number of morpholine rings is 1. The number of ether oxygens (including phenoxy) is 1. The van der Waals surface area contributed by atoms with Crippen molar-refractivity contribution in [2.75, 3.05) is 56.2 Å². The third-order valence-electron chi connectivity index (χ3n) is 8.99. The summed E-state index contributed by atoms with van der Waals surface area (Å²) in [5.74, 6) is 2.78. The van der Waals surface area contributed by atoms with Crippen LogP contribution in [0.25, 0.3) is 0 Å². The zero-order valence-corrected chi connectivity index (χ0v) is 22.3. The van der Waals surface area contributed by atoms with Gasteiger partial charge in [-0.2, -0.15) is 0 Å². The van der Waals surface area contributed by atoms with Crippen LogP contribution in [-0.2, 0) is 4.74 Å². The van der Waals surface area contributed by atoms with Crippen LogP contribution >= 0.6 is 0 Å². The fraction of sp³-hybridized carbons (Fsp3) is 0.655.